The van der Waals surface area contributed by atoms with Crippen LogP contribution in [-0.2, 0) is 23.5 Å². The Hall–Kier alpha value is -2.33. The maximum Gasteiger partial charge on any atom is 0.407 e. The molecule has 2 N–H and O–H groups in total. The molecule has 2 aromatic rings. The minimum atomic E-state index is -0.869. The van der Waals surface area contributed by atoms with E-state index in [-0.39, 0.29) is 6.61 Å². The summed E-state index contributed by atoms with van der Waals surface area (Å²) in [6, 6.07) is 17.0. The zero-order chi connectivity index (χ0) is 16.0. The van der Waals surface area contributed by atoms with Gasteiger partial charge in [-0.1, -0.05) is 54.6 Å². The molecule has 0 atom stereocenters. The van der Waals surface area contributed by atoms with E-state index in [2.05, 4.69) is 5.32 Å². The SMILES string of the molecule is CC(C)(O)c1ccc(COC(=O)NCc2ccccc2)cc1. The number of rotatable bonds is 5. The standard InChI is InChI=1S/C18H21NO3/c1-18(2,21)16-10-8-15(9-11-16)13-22-17(20)19-12-14-6-4-3-5-7-14/h3-11,21H,12-13H2,1-2H3,(H,19,20). The third-order valence-electron chi connectivity index (χ3n) is 3.31. The van der Waals surface area contributed by atoms with Crippen LogP contribution in [0.2, 0.25) is 0 Å². The van der Waals surface area contributed by atoms with E-state index in [9.17, 15) is 9.90 Å². The molecular formula is C18H21NO3. The summed E-state index contributed by atoms with van der Waals surface area (Å²) in [7, 11) is 0. The van der Waals surface area contributed by atoms with Crippen LogP contribution in [0.5, 0.6) is 0 Å². The average molecular weight is 299 g/mol. The Morgan fingerprint density at radius 1 is 1.05 bits per heavy atom. The van der Waals surface area contributed by atoms with E-state index in [1.54, 1.807) is 13.8 Å². The van der Waals surface area contributed by atoms with Crippen molar-refractivity contribution in [3.63, 3.8) is 0 Å². The van der Waals surface area contributed by atoms with E-state index in [0.29, 0.717) is 6.54 Å². The number of carbonyl (C=O) groups is 1. The van der Waals surface area contributed by atoms with Gasteiger partial charge in [0.2, 0.25) is 0 Å². The molecule has 0 fully saturated rings. The first kappa shape index (κ1) is 16.0. The van der Waals surface area contributed by atoms with Crippen LogP contribution in [-0.4, -0.2) is 11.2 Å². The van der Waals surface area contributed by atoms with E-state index in [0.717, 1.165) is 16.7 Å². The van der Waals surface area contributed by atoms with Crippen LogP contribution in [0.4, 0.5) is 4.79 Å². The molecule has 0 aromatic heterocycles. The molecule has 0 aliphatic rings. The lowest BCUT2D eigenvalue weighted by molar-refractivity contribution is 0.0785. The van der Waals surface area contributed by atoms with Gasteiger partial charge < -0.3 is 15.2 Å². The van der Waals surface area contributed by atoms with Crippen LogP contribution >= 0.6 is 0 Å². The molecule has 0 saturated carbocycles. The maximum atomic E-state index is 11.6. The van der Waals surface area contributed by atoms with Crippen molar-refractivity contribution in [1.82, 2.24) is 5.32 Å². The number of benzene rings is 2. The fourth-order valence-electron chi connectivity index (χ4n) is 1.98. The zero-order valence-corrected chi connectivity index (χ0v) is 12.9. The minimum Gasteiger partial charge on any atom is -0.445 e. The highest BCUT2D eigenvalue weighted by atomic mass is 16.5. The highest BCUT2D eigenvalue weighted by Gasteiger charge is 2.15. The van der Waals surface area contributed by atoms with Gasteiger partial charge in [0.05, 0.1) is 5.60 Å². The van der Waals surface area contributed by atoms with Gasteiger partial charge in [0.15, 0.2) is 0 Å². The monoisotopic (exact) mass is 299 g/mol. The molecule has 0 aliphatic carbocycles. The first-order chi connectivity index (χ1) is 10.4. The van der Waals surface area contributed by atoms with E-state index in [1.165, 1.54) is 0 Å². The van der Waals surface area contributed by atoms with Crippen molar-refractivity contribution in [3.8, 4) is 0 Å². The largest absolute Gasteiger partial charge is 0.445 e. The highest BCUT2D eigenvalue weighted by molar-refractivity contribution is 5.67. The highest BCUT2D eigenvalue weighted by Crippen LogP contribution is 2.19. The van der Waals surface area contributed by atoms with Crippen molar-refractivity contribution in [3.05, 3.63) is 71.3 Å². The molecule has 4 heteroatoms. The summed E-state index contributed by atoms with van der Waals surface area (Å²) in [5, 5.41) is 12.6. The van der Waals surface area contributed by atoms with Gasteiger partial charge in [-0.2, -0.15) is 0 Å². The van der Waals surface area contributed by atoms with Crippen LogP contribution in [0.25, 0.3) is 0 Å². The zero-order valence-electron chi connectivity index (χ0n) is 12.9. The molecule has 2 rings (SSSR count). The van der Waals surface area contributed by atoms with Gasteiger partial charge in [-0.3, -0.25) is 0 Å². The summed E-state index contributed by atoms with van der Waals surface area (Å²) >= 11 is 0. The molecule has 0 heterocycles. The van der Waals surface area contributed by atoms with Crippen LogP contribution in [0.3, 0.4) is 0 Å². The first-order valence-electron chi connectivity index (χ1n) is 7.21. The fraction of sp³-hybridized carbons (Fsp3) is 0.278. The van der Waals surface area contributed by atoms with Crippen molar-refractivity contribution >= 4 is 6.09 Å². The Morgan fingerprint density at radius 2 is 1.68 bits per heavy atom. The molecule has 22 heavy (non-hydrogen) atoms. The molecule has 0 aliphatic heterocycles. The lowest BCUT2D eigenvalue weighted by Crippen LogP contribution is -2.23. The number of amides is 1. The van der Waals surface area contributed by atoms with E-state index < -0.39 is 11.7 Å². The summed E-state index contributed by atoms with van der Waals surface area (Å²) in [6.45, 7) is 4.11. The van der Waals surface area contributed by atoms with Gasteiger partial charge in [-0.15, -0.1) is 0 Å². The van der Waals surface area contributed by atoms with Crippen LogP contribution in [0.15, 0.2) is 54.6 Å². The molecule has 0 spiro atoms. The summed E-state index contributed by atoms with van der Waals surface area (Å²) in [5.74, 6) is 0. The number of aliphatic hydroxyl groups is 1. The third kappa shape index (κ3) is 4.90. The molecule has 2 aromatic carbocycles. The summed E-state index contributed by atoms with van der Waals surface area (Å²) in [5.41, 5.74) is 1.86. The second-order valence-corrected chi connectivity index (χ2v) is 5.67. The first-order valence-corrected chi connectivity index (χ1v) is 7.21. The Balaban J connectivity index is 1.79. The van der Waals surface area contributed by atoms with Crippen LogP contribution in [0, 0.1) is 0 Å². The maximum absolute atomic E-state index is 11.6. The summed E-state index contributed by atoms with van der Waals surface area (Å²) in [6.07, 6.45) is -0.449. The molecule has 116 valence electrons. The van der Waals surface area contributed by atoms with Crippen LogP contribution in [0.1, 0.15) is 30.5 Å². The lowest BCUT2D eigenvalue weighted by Gasteiger charge is -2.17. The Kier molecular flexibility index (Phi) is 5.17. The number of carbonyl (C=O) groups excluding carboxylic acids is 1. The number of nitrogens with one attached hydrogen (secondary N) is 1. The molecule has 4 nitrogen and oxygen atoms in total. The Morgan fingerprint density at radius 3 is 2.27 bits per heavy atom. The van der Waals surface area contributed by atoms with Crippen molar-refractivity contribution in [2.75, 3.05) is 0 Å². The van der Waals surface area contributed by atoms with Crippen molar-refractivity contribution in [2.24, 2.45) is 0 Å². The smallest absolute Gasteiger partial charge is 0.407 e. The molecule has 0 unspecified atom stereocenters. The fourth-order valence-corrected chi connectivity index (χ4v) is 1.98. The van der Waals surface area contributed by atoms with Gasteiger partial charge in [-0.25, -0.2) is 4.79 Å². The quantitative estimate of drug-likeness (QED) is 0.890. The summed E-state index contributed by atoms with van der Waals surface area (Å²) in [4.78, 5) is 11.6. The van der Waals surface area contributed by atoms with Gasteiger partial charge in [0.1, 0.15) is 6.61 Å². The third-order valence-corrected chi connectivity index (χ3v) is 3.31. The lowest BCUT2D eigenvalue weighted by atomic mass is 9.97. The van der Waals surface area contributed by atoms with Crippen molar-refractivity contribution in [1.29, 1.82) is 0 Å². The van der Waals surface area contributed by atoms with E-state index >= 15 is 0 Å². The van der Waals surface area contributed by atoms with E-state index in [4.69, 9.17) is 4.74 Å². The molecule has 0 bridgehead atoms. The number of alkyl carbamates (subject to hydrolysis) is 1. The van der Waals surface area contributed by atoms with Gasteiger partial charge >= 0.3 is 6.09 Å². The average Bonchev–Trinajstić information content (AvgIpc) is 2.51. The number of ether oxygens (including phenoxy) is 1. The number of hydrogen-bond acceptors (Lipinski definition) is 3. The van der Waals surface area contributed by atoms with E-state index in [1.807, 2.05) is 54.6 Å². The van der Waals surface area contributed by atoms with Gasteiger partial charge in [0.25, 0.3) is 0 Å². The topological polar surface area (TPSA) is 58.6 Å². The molecule has 0 radical (unpaired) electrons. The van der Waals surface area contributed by atoms with Gasteiger partial charge in [-0.05, 0) is 30.5 Å². The van der Waals surface area contributed by atoms with Crippen molar-refractivity contribution < 1.29 is 14.6 Å². The second kappa shape index (κ2) is 7.09. The predicted octanol–water partition coefficient (Wildman–Crippen LogP) is 3.34. The molecule has 1 amide bonds. The van der Waals surface area contributed by atoms with Gasteiger partial charge in [0, 0.05) is 6.54 Å². The number of hydrogen-bond donors (Lipinski definition) is 2. The minimum absolute atomic E-state index is 0.201. The Bertz CT molecular complexity index is 600. The predicted molar refractivity (Wildman–Crippen MR) is 85.2 cm³/mol. The normalized spacial score (nSPS) is 11.0. The molecular weight excluding hydrogens is 278 g/mol. The summed E-state index contributed by atoms with van der Waals surface area (Å²) < 4.78 is 5.16. The molecule has 0 saturated heterocycles. The second-order valence-electron chi connectivity index (χ2n) is 5.67. The Labute approximate surface area is 130 Å². The van der Waals surface area contributed by atoms with Crippen LogP contribution < -0.4 is 5.32 Å². The van der Waals surface area contributed by atoms with Crippen molar-refractivity contribution in [2.45, 2.75) is 32.6 Å².